The Morgan fingerprint density at radius 3 is 2.27 bits per heavy atom. The minimum Gasteiger partial charge on any atom is -0.457 e. The number of benzene rings is 2. The number of ether oxygens (including phenoxy) is 1. The van der Waals surface area contributed by atoms with E-state index < -0.39 is 0 Å². The first-order valence-electron chi connectivity index (χ1n) is 8.00. The van der Waals surface area contributed by atoms with Crippen molar-refractivity contribution < 1.29 is 4.74 Å². The van der Waals surface area contributed by atoms with E-state index in [0.717, 1.165) is 31.0 Å². The molecule has 3 rings (SSSR count). The Morgan fingerprint density at radius 1 is 0.909 bits per heavy atom. The first-order chi connectivity index (χ1) is 10.4. The van der Waals surface area contributed by atoms with E-state index in [2.05, 4.69) is 75.2 Å². The lowest BCUT2D eigenvalue weighted by atomic mass is 9.87. The molecule has 0 bridgehead atoms. The lowest BCUT2D eigenvalue weighted by Gasteiger charge is -2.25. The summed E-state index contributed by atoms with van der Waals surface area (Å²) < 4.78 is 6.03. The molecule has 1 aliphatic rings. The lowest BCUT2D eigenvalue weighted by molar-refractivity contribution is 0.312. The highest BCUT2D eigenvalue weighted by molar-refractivity contribution is 5.40. The van der Waals surface area contributed by atoms with E-state index in [1.54, 1.807) is 0 Å². The van der Waals surface area contributed by atoms with Gasteiger partial charge in [-0.25, -0.2) is 0 Å². The van der Waals surface area contributed by atoms with Gasteiger partial charge in [0, 0.05) is 13.1 Å². The molecule has 2 nitrogen and oxygen atoms in total. The van der Waals surface area contributed by atoms with Crippen molar-refractivity contribution in [3.63, 3.8) is 0 Å². The molecule has 0 atom stereocenters. The third-order valence-corrected chi connectivity index (χ3v) is 4.34. The summed E-state index contributed by atoms with van der Waals surface area (Å²) in [6.45, 7) is 8.84. The van der Waals surface area contributed by atoms with E-state index in [4.69, 9.17) is 4.74 Å². The van der Waals surface area contributed by atoms with Crippen LogP contribution in [0.25, 0.3) is 0 Å². The van der Waals surface area contributed by atoms with Crippen molar-refractivity contribution in [2.75, 3.05) is 13.6 Å². The average Bonchev–Trinajstić information content (AvgIpc) is 2.47. The van der Waals surface area contributed by atoms with Gasteiger partial charge in [-0.05, 0) is 59.8 Å². The van der Waals surface area contributed by atoms with Gasteiger partial charge >= 0.3 is 0 Å². The number of nitrogens with zero attached hydrogens (tertiary/aromatic N) is 1. The van der Waals surface area contributed by atoms with Crippen LogP contribution >= 0.6 is 0 Å². The highest BCUT2D eigenvalue weighted by Crippen LogP contribution is 2.29. The van der Waals surface area contributed by atoms with Crippen molar-refractivity contribution in [1.82, 2.24) is 4.90 Å². The van der Waals surface area contributed by atoms with Crippen molar-refractivity contribution in [2.24, 2.45) is 0 Å². The second-order valence-electron chi connectivity index (χ2n) is 7.29. The molecule has 0 aliphatic carbocycles. The Hall–Kier alpha value is -1.80. The molecule has 2 aromatic rings. The Balaban J connectivity index is 1.76. The SMILES string of the molecule is CN1CCc2cc(Oc3ccc(C(C)(C)C)cc3)ccc2C1. The third kappa shape index (κ3) is 3.33. The van der Waals surface area contributed by atoms with Crippen molar-refractivity contribution in [3.05, 3.63) is 59.2 Å². The standard InChI is InChI=1S/C20H25NO/c1-20(2,3)17-6-9-18(10-7-17)22-19-8-5-16-14-21(4)12-11-15(16)13-19/h5-10,13H,11-12,14H2,1-4H3. The molecule has 0 unspecified atom stereocenters. The Labute approximate surface area is 133 Å². The zero-order valence-electron chi connectivity index (χ0n) is 14.0. The summed E-state index contributed by atoms with van der Waals surface area (Å²) in [5.41, 5.74) is 4.34. The quantitative estimate of drug-likeness (QED) is 0.791. The number of hydrogen-bond donors (Lipinski definition) is 0. The number of hydrogen-bond acceptors (Lipinski definition) is 2. The molecule has 0 spiro atoms. The van der Waals surface area contributed by atoms with E-state index >= 15 is 0 Å². The van der Waals surface area contributed by atoms with Crippen LogP contribution in [0.4, 0.5) is 0 Å². The Morgan fingerprint density at radius 2 is 1.59 bits per heavy atom. The van der Waals surface area contributed by atoms with E-state index in [-0.39, 0.29) is 5.41 Å². The normalized spacial score (nSPS) is 15.5. The number of rotatable bonds is 2. The summed E-state index contributed by atoms with van der Waals surface area (Å²) in [6.07, 6.45) is 1.10. The van der Waals surface area contributed by atoms with Crippen molar-refractivity contribution >= 4 is 0 Å². The minimum absolute atomic E-state index is 0.177. The van der Waals surface area contributed by atoms with Crippen LogP contribution in [-0.2, 0) is 18.4 Å². The van der Waals surface area contributed by atoms with Gasteiger partial charge in [0.15, 0.2) is 0 Å². The van der Waals surface area contributed by atoms with Gasteiger partial charge in [-0.3, -0.25) is 0 Å². The molecule has 0 aromatic heterocycles. The first-order valence-corrected chi connectivity index (χ1v) is 8.00. The second kappa shape index (κ2) is 5.77. The van der Waals surface area contributed by atoms with E-state index in [9.17, 15) is 0 Å². The van der Waals surface area contributed by atoms with Crippen molar-refractivity contribution in [2.45, 2.75) is 39.2 Å². The molecule has 0 radical (unpaired) electrons. The Kier molecular flexibility index (Phi) is 3.96. The van der Waals surface area contributed by atoms with Gasteiger partial charge in [-0.1, -0.05) is 39.0 Å². The molecule has 0 saturated carbocycles. The second-order valence-corrected chi connectivity index (χ2v) is 7.29. The van der Waals surface area contributed by atoms with Gasteiger partial charge in [0.25, 0.3) is 0 Å². The van der Waals surface area contributed by atoms with Crippen molar-refractivity contribution in [1.29, 1.82) is 0 Å². The highest BCUT2D eigenvalue weighted by Gasteiger charge is 2.15. The van der Waals surface area contributed by atoms with Crippen LogP contribution in [0.15, 0.2) is 42.5 Å². The molecule has 2 heteroatoms. The summed E-state index contributed by atoms with van der Waals surface area (Å²) in [5, 5.41) is 0. The van der Waals surface area contributed by atoms with Crippen LogP contribution in [0, 0.1) is 0 Å². The van der Waals surface area contributed by atoms with Crippen LogP contribution in [0.5, 0.6) is 11.5 Å². The fourth-order valence-corrected chi connectivity index (χ4v) is 2.89. The summed E-state index contributed by atoms with van der Waals surface area (Å²) in [6, 6.07) is 14.9. The summed E-state index contributed by atoms with van der Waals surface area (Å²) in [4.78, 5) is 2.36. The maximum Gasteiger partial charge on any atom is 0.127 e. The molecule has 0 saturated heterocycles. The first kappa shape index (κ1) is 15.1. The molecule has 1 heterocycles. The minimum atomic E-state index is 0.177. The van der Waals surface area contributed by atoms with Crippen molar-refractivity contribution in [3.8, 4) is 11.5 Å². The molecule has 116 valence electrons. The molecule has 22 heavy (non-hydrogen) atoms. The van der Waals surface area contributed by atoms with Gasteiger partial charge in [0.2, 0.25) is 0 Å². The predicted octanol–water partition coefficient (Wildman–Crippen LogP) is 4.76. The molecular weight excluding hydrogens is 270 g/mol. The van der Waals surface area contributed by atoms with Crippen LogP contribution in [0.1, 0.15) is 37.5 Å². The summed E-state index contributed by atoms with van der Waals surface area (Å²) in [7, 11) is 2.17. The van der Waals surface area contributed by atoms with Gasteiger partial charge in [0.05, 0.1) is 0 Å². The van der Waals surface area contributed by atoms with Crippen LogP contribution in [0.2, 0.25) is 0 Å². The lowest BCUT2D eigenvalue weighted by Crippen LogP contribution is -2.26. The predicted molar refractivity (Wildman–Crippen MR) is 91.7 cm³/mol. The van der Waals surface area contributed by atoms with Crippen LogP contribution in [-0.4, -0.2) is 18.5 Å². The molecular formula is C20H25NO. The fourth-order valence-electron chi connectivity index (χ4n) is 2.89. The van der Waals surface area contributed by atoms with E-state index in [1.807, 2.05) is 0 Å². The van der Waals surface area contributed by atoms with E-state index in [1.165, 1.54) is 16.7 Å². The van der Waals surface area contributed by atoms with Crippen LogP contribution < -0.4 is 4.74 Å². The van der Waals surface area contributed by atoms with Gasteiger partial charge in [-0.15, -0.1) is 0 Å². The largest absolute Gasteiger partial charge is 0.457 e. The Bertz CT molecular complexity index is 652. The maximum absolute atomic E-state index is 6.03. The summed E-state index contributed by atoms with van der Waals surface area (Å²) >= 11 is 0. The molecule has 1 aliphatic heterocycles. The zero-order chi connectivity index (χ0) is 15.7. The summed E-state index contributed by atoms with van der Waals surface area (Å²) in [5.74, 6) is 1.84. The van der Waals surface area contributed by atoms with E-state index in [0.29, 0.717) is 0 Å². The third-order valence-electron chi connectivity index (χ3n) is 4.34. The highest BCUT2D eigenvalue weighted by atomic mass is 16.5. The van der Waals surface area contributed by atoms with Crippen LogP contribution in [0.3, 0.4) is 0 Å². The maximum atomic E-state index is 6.03. The average molecular weight is 295 g/mol. The topological polar surface area (TPSA) is 12.5 Å². The monoisotopic (exact) mass is 295 g/mol. The zero-order valence-corrected chi connectivity index (χ0v) is 14.0. The van der Waals surface area contributed by atoms with Gasteiger partial charge in [-0.2, -0.15) is 0 Å². The fraction of sp³-hybridized carbons (Fsp3) is 0.400. The molecule has 2 aromatic carbocycles. The number of likely N-dealkylation sites (N-methyl/N-ethyl adjacent to an activating group) is 1. The van der Waals surface area contributed by atoms with Gasteiger partial charge in [0.1, 0.15) is 11.5 Å². The molecule has 0 fully saturated rings. The smallest absolute Gasteiger partial charge is 0.127 e. The van der Waals surface area contributed by atoms with Gasteiger partial charge < -0.3 is 9.64 Å². The molecule has 0 N–H and O–H groups in total. The molecule has 0 amide bonds. The number of fused-ring (bicyclic) bond motifs is 1.